The fraction of sp³-hybridized carbons (Fsp3) is 0.571. The van der Waals surface area contributed by atoms with Gasteiger partial charge in [-0.05, 0) is 55.5 Å². The molecule has 0 saturated heterocycles. The van der Waals surface area contributed by atoms with Crippen molar-refractivity contribution in [2.75, 3.05) is 13.7 Å². The van der Waals surface area contributed by atoms with Crippen LogP contribution in [-0.2, 0) is 12.8 Å². The van der Waals surface area contributed by atoms with Crippen LogP contribution >= 0.6 is 0 Å². The number of aryl methyl sites for hydroxylation is 1. The van der Waals surface area contributed by atoms with Crippen LogP contribution in [-0.4, -0.2) is 19.7 Å². The molecule has 1 aromatic carbocycles. The first kappa shape index (κ1) is 11.5. The van der Waals surface area contributed by atoms with E-state index in [2.05, 4.69) is 30.4 Å². The zero-order chi connectivity index (χ0) is 11.4. The lowest BCUT2D eigenvalue weighted by Crippen LogP contribution is -2.34. The standard InChI is InChI=1S/C14H21NO/c1-3-8-15-13-6-4-12-10-14(16-2)7-5-11(12)9-13/h5,7,10,13,15H,3-4,6,8-9H2,1-2H3/t13-/m0/s1. The molecule has 0 bridgehead atoms. The number of ether oxygens (including phenoxy) is 1. The zero-order valence-electron chi connectivity index (χ0n) is 10.3. The predicted molar refractivity (Wildman–Crippen MR) is 67.1 cm³/mol. The van der Waals surface area contributed by atoms with E-state index in [1.165, 1.54) is 36.8 Å². The van der Waals surface area contributed by atoms with E-state index >= 15 is 0 Å². The van der Waals surface area contributed by atoms with Gasteiger partial charge in [0.05, 0.1) is 7.11 Å². The second kappa shape index (κ2) is 5.35. The van der Waals surface area contributed by atoms with Crippen LogP contribution in [0.25, 0.3) is 0 Å². The first-order valence-corrected chi connectivity index (χ1v) is 6.22. The first-order chi connectivity index (χ1) is 7.83. The molecule has 0 amide bonds. The maximum Gasteiger partial charge on any atom is 0.119 e. The van der Waals surface area contributed by atoms with Crippen LogP contribution < -0.4 is 10.1 Å². The number of methoxy groups -OCH3 is 1. The molecule has 0 heterocycles. The summed E-state index contributed by atoms with van der Waals surface area (Å²) in [4.78, 5) is 0. The van der Waals surface area contributed by atoms with E-state index in [0.717, 1.165) is 12.3 Å². The fourth-order valence-electron chi connectivity index (χ4n) is 2.38. The van der Waals surface area contributed by atoms with Crippen LogP contribution in [0.2, 0.25) is 0 Å². The average molecular weight is 219 g/mol. The molecule has 1 atom stereocenters. The van der Waals surface area contributed by atoms with Gasteiger partial charge < -0.3 is 10.1 Å². The summed E-state index contributed by atoms with van der Waals surface area (Å²) in [6, 6.07) is 7.14. The highest BCUT2D eigenvalue weighted by Gasteiger charge is 2.17. The molecule has 0 aromatic heterocycles. The SMILES string of the molecule is CCCN[C@H]1CCc2cc(OC)ccc2C1. The van der Waals surface area contributed by atoms with E-state index in [-0.39, 0.29) is 0 Å². The van der Waals surface area contributed by atoms with Gasteiger partial charge in [-0.1, -0.05) is 13.0 Å². The van der Waals surface area contributed by atoms with Gasteiger partial charge in [-0.2, -0.15) is 0 Å². The van der Waals surface area contributed by atoms with Crippen molar-refractivity contribution in [2.45, 2.75) is 38.6 Å². The van der Waals surface area contributed by atoms with Gasteiger partial charge >= 0.3 is 0 Å². The van der Waals surface area contributed by atoms with Crippen molar-refractivity contribution in [3.05, 3.63) is 29.3 Å². The third-order valence-corrected chi connectivity index (χ3v) is 3.32. The molecular weight excluding hydrogens is 198 g/mol. The van der Waals surface area contributed by atoms with Crippen molar-refractivity contribution < 1.29 is 4.74 Å². The fourth-order valence-corrected chi connectivity index (χ4v) is 2.38. The van der Waals surface area contributed by atoms with Gasteiger partial charge in [-0.25, -0.2) is 0 Å². The van der Waals surface area contributed by atoms with Crippen molar-refractivity contribution in [3.8, 4) is 5.75 Å². The summed E-state index contributed by atoms with van der Waals surface area (Å²) in [5, 5.41) is 3.61. The highest BCUT2D eigenvalue weighted by Crippen LogP contribution is 2.25. The predicted octanol–water partition coefficient (Wildman–Crippen LogP) is 2.55. The molecule has 1 aliphatic rings. The Kier molecular flexibility index (Phi) is 3.83. The molecule has 0 fully saturated rings. The third kappa shape index (κ3) is 2.56. The largest absolute Gasteiger partial charge is 0.497 e. The molecule has 0 aliphatic heterocycles. The number of benzene rings is 1. The Morgan fingerprint density at radius 3 is 3.00 bits per heavy atom. The molecule has 2 heteroatoms. The van der Waals surface area contributed by atoms with Crippen LogP contribution in [0.1, 0.15) is 30.9 Å². The molecule has 1 aromatic rings. The molecule has 0 saturated carbocycles. The lowest BCUT2D eigenvalue weighted by Gasteiger charge is -2.25. The number of hydrogen-bond acceptors (Lipinski definition) is 2. The maximum absolute atomic E-state index is 5.26. The molecule has 1 aliphatic carbocycles. The average Bonchev–Trinajstić information content (AvgIpc) is 2.35. The van der Waals surface area contributed by atoms with Gasteiger partial charge in [0.15, 0.2) is 0 Å². The summed E-state index contributed by atoms with van der Waals surface area (Å²) in [5.41, 5.74) is 2.95. The van der Waals surface area contributed by atoms with Crippen LogP contribution in [0.5, 0.6) is 5.75 Å². The van der Waals surface area contributed by atoms with Crippen molar-refractivity contribution in [1.82, 2.24) is 5.32 Å². The van der Waals surface area contributed by atoms with Gasteiger partial charge in [-0.15, -0.1) is 0 Å². The van der Waals surface area contributed by atoms with Gasteiger partial charge in [0.25, 0.3) is 0 Å². The highest BCUT2D eigenvalue weighted by atomic mass is 16.5. The minimum atomic E-state index is 0.667. The number of rotatable bonds is 4. The van der Waals surface area contributed by atoms with Crippen molar-refractivity contribution in [2.24, 2.45) is 0 Å². The van der Waals surface area contributed by atoms with Gasteiger partial charge in [0, 0.05) is 6.04 Å². The normalized spacial score (nSPS) is 19.2. The van der Waals surface area contributed by atoms with E-state index in [1.807, 2.05) is 0 Å². The molecule has 1 N–H and O–H groups in total. The van der Waals surface area contributed by atoms with Crippen LogP contribution in [0.4, 0.5) is 0 Å². The molecule has 2 nitrogen and oxygen atoms in total. The molecule has 2 rings (SSSR count). The Hall–Kier alpha value is -1.02. The monoisotopic (exact) mass is 219 g/mol. The van der Waals surface area contributed by atoms with E-state index in [9.17, 15) is 0 Å². The van der Waals surface area contributed by atoms with E-state index in [1.54, 1.807) is 7.11 Å². The molecule has 0 radical (unpaired) electrons. The Balaban J connectivity index is 2.04. The summed E-state index contributed by atoms with van der Waals surface area (Å²) in [7, 11) is 1.73. The maximum atomic E-state index is 5.26. The number of fused-ring (bicyclic) bond motifs is 1. The van der Waals surface area contributed by atoms with E-state index in [4.69, 9.17) is 4.74 Å². The highest BCUT2D eigenvalue weighted by molar-refractivity contribution is 5.37. The van der Waals surface area contributed by atoms with E-state index < -0.39 is 0 Å². The molecular formula is C14H21NO. The zero-order valence-corrected chi connectivity index (χ0v) is 10.3. The summed E-state index contributed by atoms with van der Waals surface area (Å²) < 4.78 is 5.26. The summed E-state index contributed by atoms with van der Waals surface area (Å²) in [6.07, 6.45) is 4.80. The number of nitrogens with one attached hydrogen (secondary N) is 1. The lowest BCUT2D eigenvalue weighted by molar-refractivity contribution is 0.411. The van der Waals surface area contributed by atoms with Crippen molar-refractivity contribution in [3.63, 3.8) is 0 Å². The molecule has 88 valence electrons. The third-order valence-electron chi connectivity index (χ3n) is 3.32. The summed E-state index contributed by atoms with van der Waals surface area (Å²) in [5.74, 6) is 0.985. The molecule has 0 spiro atoms. The Labute approximate surface area is 98.0 Å². The topological polar surface area (TPSA) is 21.3 Å². The Morgan fingerprint density at radius 1 is 1.38 bits per heavy atom. The Morgan fingerprint density at radius 2 is 2.25 bits per heavy atom. The van der Waals surface area contributed by atoms with Crippen molar-refractivity contribution in [1.29, 1.82) is 0 Å². The minimum absolute atomic E-state index is 0.667. The smallest absolute Gasteiger partial charge is 0.119 e. The first-order valence-electron chi connectivity index (χ1n) is 6.22. The Bertz CT molecular complexity index is 349. The van der Waals surface area contributed by atoms with Gasteiger partial charge in [0.1, 0.15) is 5.75 Å². The summed E-state index contributed by atoms with van der Waals surface area (Å²) >= 11 is 0. The van der Waals surface area contributed by atoms with E-state index in [0.29, 0.717) is 6.04 Å². The lowest BCUT2D eigenvalue weighted by atomic mass is 9.88. The second-order valence-electron chi connectivity index (χ2n) is 4.53. The van der Waals surface area contributed by atoms with Crippen LogP contribution in [0, 0.1) is 0 Å². The molecule has 16 heavy (non-hydrogen) atoms. The van der Waals surface area contributed by atoms with Crippen molar-refractivity contribution >= 4 is 0 Å². The second-order valence-corrected chi connectivity index (χ2v) is 4.53. The number of hydrogen-bond donors (Lipinski definition) is 1. The van der Waals surface area contributed by atoms with Gasteiger partial charge in [0.2, 0.25) is 0 Å². The van der Waals surface area contributed by atoms with Crippen LogP contribution in [0.3, 0.4) is 0 Å². The minimum Gasteiger partial charge on any atom is -0.497 e. The summed E-state index contributed by atoms with van der Waals surface area (Å²) in [6.45, 7) is 3.35. The quantitative estimate of drug-likeness (QED) is 0.840. The van der Waals surface area contributed by atoms with Crippen LogP contribution in [0.15, 0.2) is 18.2 Å². The molecule has 0 unspecified atom stereocenters. The van der Waals surface area contributed by atoms with Gasteiger partial charge in [-0.3, -0.25) is 0 Å².